The molecule has 3 heterocycles. The first-order valence-corrected chi connectivity index (χ1v) is 9.09. The van der Waals surface area contributed by atoms with Gasteiger partial charge in [-0.25, -0.2) is 3.11 Å². The van der Waals surface area contributed by atoms with Gasteiger partial charge in [-0.15, -0.1) is 0 Å². The molecule has 0 radical (unpaired) electrons. The lowest BCUT2D eigenvalue weighted by atomic mass is 9.98. The van der Waals surface area contributed by atoms with Gasteiger partial charge in [-0.2, -0.15) is 0 Å². The highest BCUT2D eigenvalue weighted by atomic mass is 127. The summed E-state index contributed by atoms with van der Waals surface area (Å²) in [5, 5.41) is 0. The van der Waals surface area contributed by atoms with Gasteiger partial charge in [-0.1, -0.05) is 6.92 Å². The summed E-state index contributed by atoms with van der Waals surface area (Å²) >= 11 is 7.18. The maximum absolute atomic E-state index is 5.93. The van der Waals surface area contributed by atoms with E-state index in [9.17, 15) is 0 Å². The van der Waals surface area contributed by atoms with Crippen molar-refractivity contribution in [2.45, 2.75) is 13.3 Å². The van der Waals surface area contributed by atoms with Gasteiger partial charge in [0.15, 0.2) is 5.82 Å². The Balaban J connectivity index is 2.10. The second-order valence-corrected chi connectivity index (χ2v) is 8.18. The molecule has 0 N–H and O–H groups in total. The van der Waals surface area contributed by atoms with Crippen LogP contribution < -0.4 is 0 Å². The van der Waals surface area contributed by atoms with E-state index in [0.29, 0.717) is 5.92 Å². The van der Waals surface area contributed by atoms with Crippen molar-refractivity contribution >= 4 is 68.6 Å². The van der Waals surface area contributed by atoms with E-state index in [1.807, 2.05) is 0 Å². The molecule has 5 nitrogen and oxygen atoms in total. The first-order chi connectivity index (χ1) is 9.02. The van der Waals surface area contributed by atoms with Crippen LogP contribution in [0.4, 0.5) is 0 Å². The van der Waals surface area contributed by atoms with Crippen molar-refractivity contribution < 1.29 is 4.74 Å². The van der Waals surface area contributed by atoms with Gasteiger partial charge in [-0.3, -0.25) is 6.23 Å². The molecule has 0 saturated heterocycles. The predicted octanol–water partition coefficient (Wildman–Crippen LogP) is 3.25. The van der Waals surface area contributed by atoms with E-state index in [4.69, 9.17) is 4.74 Å². The van der Waals surface area contributed by atoms with Gasteiger partial charge < -0.3 is 9.64 Å². The van der Waals surface area contributed by atoms with Crippen LogP contribution in [0.2, 0.25) is 0 Å². The van der Waals surface area contributed by atoms with Crippen LogP contribution >= 0.6 is 68.6 Å². The summed E-state index contributed by atoms with van der Waals surface area (Å²) in [6, 6.07) is 0. The van der Waals surface area contributed by atoms with E-state index in [-0.39, 0.29) is 0 Å². The number of hydrogen-bond acceptors (Lipinski definition) is 5. The van der Waals surface area contributed by atoms with Gasteiger partial charge in [0.05, 0.1) is 80.8 Å². The molecule has 0 aromatic heterocycles. The molecule has 0 aromatic rings. The van der Waals surface area contributed by atoms with Gasteiger partial charge in [0.1, 0.15) is 12.4 Å². The van der Waals surface area contributed by atoms with Crippen molar-refractivity contribution in [2.24, 2.45) is 5.92 Å². The van der Waals surface area contributed by atoms with Crippen LogP contribution in [0.15, 0.2) is 23.2 Å². The third-order valence-corrected chi connectivity index (χ3v) is 6.46. The van der Waals surface area contributed by atoms with E-state index in [0.717, 1.165) is 31.4 Å². The predicted molar refractivity (Wildman–Crippen MR) is 98.9 cm³/mol. The molecule has 1 unspecified atom stereocenters. The van der Waals surface area contributed by atoms with Crippen LogP contribution in [0, 0.1) is 5.92 Å². The molecule has 0 aromatic carbocycles. The first-order valence-electron chi connectivity index (χ1n) is 6.20. The highest BCUT2D eigenvalue weighted by molar-refractivity contribution is 14.1. The second kappa shape index (κ2) is 5.46. The molecule has 0 amide bonds. The summed E-state index contributed by atoms with van der Waals surface area (Å²) < 4.78 is 12.7. The highest BCUT2D eigenvalue weighted by Gasteiger charge is 2.41. The van der Waals surface area contributed by atoms with E-state index in [1.165, 1.54) is 17.9 Å². The summed E-state index contributed by atoms with van der Waals surface area (Å²) in [7, 11) is 2.12. The lowest BCUT2D eigenvalue weighted by Gasteiger charge is -2.47. The molecule has 3 rings (SSSR count). The van der Waals surface area contributed by atoms with Gasteiger partial charge in [0.25, 0.3) is 0 Å². The summed E-state index contributed by atoms with van der Waals surface area (Å²) in [6.07, 6.45) is 1.19. The molecule has 0 spiro atoms. The lowest BCUT2D eigenvalue weighted by Crippen LogP contribution is -2.47. The molecule has 106 valence electrons. The molecule has 0 aliphatic carbocycles. The quantitative estimate of drug-likeness (QED) is 0.314. The molecular weight excluding hydrogens is 585 g/mol. The summed E-state index contributed by atoms with van der Waals surface area (Å²) in [4.78, 5) is 2.24. The Hall–Kier alpha value is 0.670. The fourth-order valence-corrected chi connectivity index (χ4v) is 5.86. The second-order valence-electron chi connectivity index (χ2n) is 4.89. The number of nitrogens with zero attached hydrogens (tertiary/aromatic N) is 4. The van der Waals surface area contributed by atoms with Gasteiger partial charge in [-0.05, 0) is 6.42 Å². The molecule has 3 aliphatic rings. The smallest absolute Gasteiger partial charge is 0.237 e. The monoisotopic (exact) mass is 600 g/mol. The number of ether oxygens (including phenoxy) is 1. The maximum atomic E-state index is 5.93. The van der Waals surface area contributed by atoms with Crippen molar-refractivity contribution in [3.8, 4) is 0 Å². The molecule has 0 bridgehead atoms. The molecule has 8 heteroatoms. The number of hydrogen-bond donors (Lipinski definition) is 0. The topological polar surface area (TPSA) is 22.2 Å². The van der Waals surface area contributed by atoms with Crippen molar-refractivity contribution in [1.82, 2.24) is 14.2 Å². The Morgan fingerprint density at radius 2 is 1.79 bits per heavy atom. The summed E-state index contributed by atoms with van der Waals surface area (Å²) in [5.74, 6) is 3.97. The average Bonchev–Trinajstić information content (AvgIpc) is 2.38. The van der Waals surface area contributed by atoms with E-state index >= 15 is 0 Å². The molecule has 19 heavy (non-hydrogen) atoms. The molecule has 0 fully saturated rings. The molecule has 1 atom stereocenters. The Morgan fingerprint density at radius 3 is 2.53 bits per heavy atom. The van der Waals surface area contributed by atoms with Crippen LogP contribution in [0.1, 0.15) is 13.3 Å². The van der Waals surface area contributed by atoms with Crippen molar-refractivity contribution in [1.29, 1.82) is 0 Å². The normalized spacial score (nSPS) is 27.5. The lowest BCUT2D eigenvalue weighted by molar-refractivity contribution is 0.0782. The highest BCUT2D eigenvalue weighted by Crippen LogP contribution is 2.45. The van der Waals surface area contributed by atoms with E-state index in [2.05, 4.69) is 96.8 Å². The zero-order valence-corrected chi connectivity index (χ0v) is 17.2. The number of rotatable bonds is 0. The number of halogens is 3. The van der Waals surface area contributed by atoms with Crippen LogP contribution in [0.3, 0.4) is 0 Å². The zero-order valence-electron chi connectivity index (χ0n) is 10.7. The van der Waals surface area contributed by atoms with E-state index < -0.39 is 0 Å². The van der Waals surface area contributed by atoms with Crippen LogP contribution in [0.5, 0.6) is 0 Å². The summed E-state index contributed by atoms with van der Waals surface area (Å²) in [6.45, 7) is 5.07. The standard InChI is InChI=1S/C11H15I3N4O/c1-7-3-4-16(12)9-8(7)15(2)11-10(18(9)14)17(13)5-6-19-11/h7H,3-6H2,1-2H3. The first kappa shape index (κ1) is 14.6. The van der Waals surface area contributed by atoms with Crippen LogP contribution in [-0.4, -0.2) is 41.0 Å². The van der Waals surface area contributed by atoms with Gasteiger partial charge >= 0.3 is 0 Å². The fraction of sp³-hybridized carbons (Fsp3) is 0.636. The number of allylic oxidation sites excluding steroid dienone is 1. The van der Waals surface area contributed by atoms with Crippen molar-refractivity contribution in [3.63, 3.8) is 0 Å². The Labute approximate surface area is 155 Å². The van der Waals surface area contributed by atoms with E-state index in [1.54, 1.807) is 0 Å². The SMILES string of the molecule is CC1CCN(I)C2=C1N(C)C1=C(N(I)CCO1)N2I. The molecule has 0 saturated carbocycles. The van der Waals surface area contributed by atoms with Gasteiger partial charge in [0.2, 0.25) is 5.88 Å². The zero-order chi connectivity index (χ0) is 13.7. The third-order valence-electron chi connectivity index (χ3n) is 3.67. The van der Waals surface area contributed by atoms with Crippen LogP contribution in [0.25, 0.3) is 0 Å². The Kier molecular flexibility index (Phi) is 4.20. The van der Waals surface area contributed by atoms with Crippen LogP contribution in [-0.2, 0) is 4.74 Å². The molecule has 3 aliphatic heterocycles. The minimum atomic E-state index is 0.561. The minimum absolute atomic E-state index is 0.561. The molecular formula is C11H15I3N4O. The Bertz CT molecular complexity index is 467. The fourth-order valence-electron chi connectivity index (χ4n) is 2.70. The average molecular weight is 600 g/mol. The van der Waals surface area contributed by atoms with Crippen molar-refractivity contribution in [3.05, 3.63) is 23.2 Å². The Morgan fingerprint density at radius 1 is 1.11 bits per heavy atom. The van der Waals surface area contributed by atoms with Gasteiger partial charge in [0, 0.05) is 19.5 Å². The third kappa shape index (κ3) is 2.28. The largest absolute Gasteiger partial charge is 0.474 e. The minimum Gasteiger partial charge on any atom is -0.474 e. The summed E-state index contributed by atoms with van der Waals surface area (Å²) in [5.41, 5.74) is 1.36. The van der Waals surface area contributed by atoms with Crippen molar-refractivity contribution in [2.75, 3.05) is 26.7 Å². The maximum Gasteiger partial charge on any atom is 0.237 e.